The van der Waals surface area contributed by atoms with Crippen molar-refractivity contribution in [3.8, 4) is 0 Å². The van der Waals surface area contributed by atoms with E-state index < -0.39 is 6.50 Å². The van der Waals surface area contributed by atoms with E-state index in [9.17, 15) is 0 Å². The molecule has 0 aliphatic carbocycles. The summed E-state index contributed by atoms with van der Waals surface area (Å²) in [5, 5.41) is 0. The van der Waals surface area contributed by atoms with Crippen LogP contribution in [0.1, 0.15) is 9.16 Å². The summed E-state index contributed by atoms with van der Waals surface area (Å²) in [7, 11) is 0. The first-order valence-electron chi connectivity index (χ1n) is 6.86. The summed E-state index contributed by atoms with van der Waals surface area (Å²) >= 11 is 0. The third-order valence-electron chi connectivity index (χ3n) is 3.07. The van der Waals surface area contributed by atoms with E-state index in [0.717, 1.165) is 32.7 Å². The molecule has 0 atom stereocenters. The third-order valence-corrected chi connectivity index (χ3v) is 3.07. The molecular weight excluding hydrogens is 198 g/mol. The third kappa shape index (κ3) is 2.97. The molecule has 0 bridgehead atoms. The molecule has 2 N–H and O–H groups in total. The fraction of sp³-hybridized carbons (Fsp3) is 0.538. The number of nitrogens with two attached hydrogens (primary N) is 1. The van der Waals surface area contributed by atoms with Crippen LogP contribution in [0.3, 0.4) is 0 Å². The van der Waals surface area contributed by atoms with Gasteiger partial charge in [-0.25, -0.2) is 0 Å². The predicted octanol–water partition coefficient (Wildman–Crippen LogP) is 1.16. The number of hydrogen-bond acceptors (Lipinski definition) is 3. The summed E-state index contributed by atoms with van der Waals surface area (Å²) in [4.78, 5) is 4.65. The van der Waals surface area contributed by atoms with Crippen molar-refractivity contribution in [1.82, 2.24) is 4.90 Å². The van der Waals surface area contributed by atoms with Crippen LogP contribution in [0.2, 0.25) is 0 Å². The molecule has 1 fully saturated rings. The summed E-state index contributed by atoms with van der Waals surface area (Å²) in [6.07, 6.45) is 0.401. The van der Waals surface area contributed by atoms with Crippen LogP contribution >= 0.6 is 0 Å². The monoisotopic (exact) mass is 221 g/mol. The van der Waals surface area contributed by atoms with Crippen molar-refractivity contribution < 1.29 is 2.74 Å². The second kappa shape index (κ2) is 5.87. The van der Waals surface area contributed by atoms with Crippen LogP contribution in [0.15, 0.2) is 30.3 Å². The molecule has 2 rings (SSSR count). The zero-order valence-electron chi connectivity index (χ0n) is 11.6. The lowest BCUT2D eigenvalue weighted by molar-refractivity contribution is 0.256. The number of benzene rings is 1. The molecule has 16 heavy (non-hydrogen) atoms. The highest BCUT2D eigenvalue weighted by Gasteiger charge is 2.15. The van der Waals surface area contributed by atoms with E-state index in [4.69, 9.17) is 8.48 Å². The van der Waals surface area contributed by atoms with E-state index in [-0.39, 0.29) is 0 Å². The molecule has 1 aliphatic rings. The van der Waals surface area contributed by atoms with E-state index in [2.05, 4.69) is 34.1 Å². The van der Waals surface area contributed by atoms with Gasteiger partial charge in [-0.15, -0.1) is 0 Å². The maximum absolute atomic E-state index is 7.33. The highest BCUT2D eigenvalue weighted by Crippen LogP contribution is 2.15. The first-order valence-corrected chi connectivity index (χ1v) is 5.86. The number of nitrogens with zero attached hydrogens (tertiary/aromatic N) is 2. The van der Waals surface area contributed by atoms with E-state index in [0.29, 0.717) is 6.42 Å². The number of anilines is 1. The molecule has 88 valence electrons. The number of hydrogen-bond donors (Lipinski definition) is 1. The van der Waals surface area contributed by atoms with Gasteiger partial charge in [-0.3, -0.25) is 4.90 Å². The molecule has 0 saturated carbocycles. The van der Waals surface area contributed by atoms with Gasteiger partial charge in [-0.2, -0.15) is 0 Å². The van der Waals surface area contributed by atoms with Gasteiger partial charge in [0, 0.05) is 34.6 Å². The Kier molecular flexibility index (Phi) is 3.31. The zero-order valence-corrected chi connectivity index (χ0v) is 9.60. The van der Waals surface area contributed by atoms with Crippen LogP contribution < -0.4 is 10.6 Å². The molecule has 0 radical (unpaired) electrons. The van der Waals surface area contributed by atoms with Gasteiger partial charge in [0.1, 0.15) is 0 Å². The molecule has 0 spiro atoms. The maximum atomic E-state index is 7.33. The van der Waals surface area contributed by atoms with Crippen LogP contribution in [-0.4, -0.2) is 44.1 Å². The SMILES string of the molecule is [2H]C([2H])(N)CCN1CCN(c2ccccc2)CC1. The van der Waals surface area contributed by atoms with Crippen molar-refractivity contribution in [3.63, 3.8) is 0 Å². The Hall–Kier alpha value is -1.06. The Bertz CT molecular complexity index is 356. The average Bonchev–Trinajstić information content (AvgIpc) is 2.37. The van der Waals surface area contributed by atoms with Gasteiger partial charge in [0.25, 0.3) is 0 Å². The Labute approximate surface area is 101 Å². The van der Waals surface area contributed by atoms with Crippen molar-refractivity contribution in [2.45, 2.75) is 6.42 Å². The van der Waals surface area contributed by atoms with Crippen LogP contribution in [0.25, 0.3) is 0 Å². The minimum absolute atomic E-state index is 0.401. The lowest BCUT2D eigenvalue weighted by atomic mass is 10.2. The van der Waals surface area contributed by atoms with E-state index in [1.165, 1.54) is 5.69 Å². The molecule has 1 saturated heterocycles. The lowest BCUT2D eigenvalue weighted by Crippen LogP contribution is -2.46. The zero-order chi connectivity index (χ0) is 13.0. The largest absolute Gasteiger partial charge is 0.369 e. The summed E-state index contributed by atoms with van der Waals surface area (Å²) < 4.78 is 14.7. The van der Waals surface area contributed by atoms with Crippen molar-refractivity contribution >= 4 is 5.69 Å². The Morgan fingerprint density at radius 2 is 1.81 bits per heavy atom. The fourth-order valence-corrected chi connectivity index (χ4v) is 2.09. The van der Waals surface area contributed by atoms with Crippen molar-refractivity contribution in [1.29, 1.82) is 0 Å². The number of rotatable bonds is 4. The molecule has 1 aromatic carbocycles. The average molecular weight is 221 g/mol. The van der Waals surface area contributed by atoms with E-state index >= 15 is 0 Å². The van der Waals surface area contributed by atoms with Gasteiger partial charge in [0.15, 0.2) is 0 Å². The molecule has 1 aromatic rings. The van der Waals surface area contributed by atoms with Crippen molar-refractivity contribution in [2.75, 3.05) is 44.1 Å². The van der Waals surface area contributed by atoms with Gasteiger partial charge in [0.2, 0.25) is 0 Å². The minimum Gasteiger partial charge on any atom is -0.369 e. The summed E-state index contributed by atoms with van der Waals surface area (Å²) in [5.41, 5.74) is 6.64. The smallest absolute Gasteiger partial charge is 0.0426 e. The summed E-state index contributed by atoms with van der Waals surface area (Å²) in [5.74, 6) is 0. The lowest BCUT2D eigenvalue weighted by Gasteiger charge is -2.36. The first-order chi connectivity index (χ1) is 8.54. The van der Waals surface area contributed by atoms with Gasteiger partial charge in [0.05, 0.1) is 0 Å². The van der Waals surface area contributed by atoms with Gasteiger partial charge in [-0.1, -0.05) is 18.2 Å². The molecule has 1 heterocycles. The molecule has 3 nitrogen and oxygen atoms in total. The predicted molar refractivity (Wildman–Crippen MR) is 68.8 cm³/mol. The second-order valence-electron chi connectivity index (χ2n) is 4.12. The van der Waals surface area contributed by atoms with Crippen LogP contribution in [0.4, 0.5) is 5.69 Å². The topological polar surface area (TPSA) is 32.5 Å². The van der Waals surface area contributed by atoms with Crippen LogP contribution in [0.5, 0.6) is 0 Å². The quantitative estimate of drug-likeness (QED) is 0.828. The van der Waals surface area contributed by atoms with Gasteiger partial charge in [-0.05, 0) is 31.6 Å². The minimum atomic E-state index is -1.55. The fourth-order valence-electron chi connectivity index (χ4n) is 2.09. The Morgan fingerprint density at radius 3 is 2.44 bits per heavy atom. The maximum Gasteiger partial charge on any atom is 0.0426 e. The molecule has 0 aromatic heterocycles. The summed E-state index contributed by atoms with van der Waals surface area (Å²) in [6, 6.07) is 10.4. The van der Waals surface area contributed by atoms with E-state index in [1.54, 1.807) is 0 Å². The Balaban J connectivity index is 1.78. The normalized spacial score (nSPS) is 20.4. The molecule has 1 aliphatic heterocycles. The molecule has 3 heteroatoms. The Morgan fingerprint density at radius 1 is 1.12 bits per heavy atom. The molecule has 0 unspecified atom stereocenters. The first kappa shape index (κ1) is 9.02. The second-order valence-corrected chi connectivity index (χ2v) is 4.12. The number of para-hydroxylation sites is 1. The van der Waals surface area contributed by atoms with E-state index in [1.807, 2.05) is 6.07 Å². The summed E-state index contributed by atoms with van der Waals surface area (Å²) in [6.45, 7) is 3.15. The highest BCUT2D eigenvalue weighted by molar-refractivity contribution is 5.46. The standard InChI is InChI=1S/C13H21N3/c14-7-4-8-15-9-11-16(12-10-15)13-5-2-1-3-6-13/h1-3,5-6H,4,7-12,14H2/i7D2. The van der Waals surface area contributed by atoms with Crippen LogP contribution in [0, 0.1) is 0 Å². The van der Waals surface area contributed by atoms with Crippen molar-refractivity contribution in [2.24, 2.45) is 5.73 Å². The van der Waals surface area contributed by atoms with Gasteiger partial charge >= 0.3 is 0 Å². The highest BCUT2D eigenvalue weighted by atomic mass is 15.3. The molecule has 0 amide bonds. The van der Waals surface area contributed by atoms with Crippen molar-refractivity contribution in [3.05, 3.63) is 30.3 Å². The molecular formula is C13H21N3. The van der Waals surface area contributed by atoms with Gasteiger partial charge < -0.3 is 10.6 Å². The van der Waals surface area contributed by atoms with Crippen LogP contribution in [-0.2, 0) is 0 Å². The number of piperazine rings is 1.